The summed E-state index contributed by atoms with van der Waals surface area (Å²) in [6.45, 7) is 5.40. The molecule has 2 aromatic heterocycles. The minimum Gasteiger partial charge on any atom is -0.414 e. The van der Waals surface area contributed by atoms with Crippen molar-refractivity contribution >= 4 is 33.7 Å². The molecule has 0 bridgehead atoms. The summed E-state index contributed by atoms with van der Waals surface area (Å²) in [5, 5.41) is 15.6. The van der Waals surface area contributed by atoms with Crippen molar-refractivity contribution in [2.24, 2.45) is 0 Å². The Morgan fingerprint density at radius 2 is 1.97 bits per heavy atom. The van der Waals surface area contributed by atoms with E-state index in [9.17, 15) is 4.79 Å². The molecule has 0 fully saturated rings. The maximum absolute atomic E-state index is 13.1. The fourth-order valence-electron chi connectivity index (χ4n) is 3.56. The zero-order valence-corrected chi connectivity index (χ0v) is 17.9. The van der Waals surface area contributed by atoms with E-state index in [2.05, 4.69) is 22.4 Å². The van der Waals surface area contributed by atoms with Gasteiger partial charge in [0.05, 0.1) is 11.4 Å². The number of benzene rings is 2. The van der Waals surface area contributed by atoms with Gasteiger partial charge in [-0.3, -0.25) is 4.79 Å². The Bertz CT molecular complexity index is 1120. The van der Waals surface area contributed by atoms with Crippen LogP contribution in [0.5, 0.6) is 0 Å². The number of carbonyl (C=O) groups excluding carboxylic acids is 1. The Morgan fingerprint density at radius 1 is 1.13 bits per heavy atom. The lowest BCUT2D eigenvalue weighted by molar-refractivity contribution is -0.928. The molecule has 0 aliphatic heterocycles. The number of carbonyl (C=O) groups is 1. The number of anilines is 1. The van der Waals surface area contributed by atoms with Crippen molar-refractivity contribution in [1.82, 2.24) is 10.2 Å². The van der Waals surface area contributed by atoms with E-state index in [0.29, 0.717) is 18.3 Å². The molecule has 2 aromatic carbocycles. The summed E-state index contributed by atoms with van der Waals surface area (Å²) in [6.07, 6.45) is 0.952. The Kier molecular flexibility index (Phi) is 6.21. The lowest BCUT2D eigenvalue weighted by Gasteiger charge is -2.24. The van der Waals surface area contributed by atoms with E-state index in [0.717, 1.165) is 39.2 Å². The molecule has 0 aliphatic carbocycles. The van der Waals surface area contributed by atoms with Gasteiger partial charge in [-0.15, -0.1) is 21.5 Å². The molecule has 0 saturated carbocycles. The largest absolute Gasteiger partial charge is 0.414 e. The molecule has 1 amide bonds. The van der Waals surface area contributed by atoms with Gasteiger partial charge in [0, 0.05) is 11.1 Å². The second kappa shape index (κ2) is 9.19. The molecular weight excluding hydrogens is 396 g/mol. The highest BCUT2D eigenvalue weighted by Gasteiger charge is 2.27. The van der Waals surface area contributed by atoms with Crippen LogP contribution in [0.15, 0.2) is 64.4 Å². The van der Waals surface area contributed by atoms with Crippen LogP contribution in [0.1, 0.15) is 26.2 Å². The van der Waals surface area contributed by atoms with E-state index >= 15 is 0 Å². The SMILES string of the molecule is CCC[NH+](Cc1nnc(-c2cccs2)o1)[C@H](C)C(=O)Nc1cccc2ccccc12. The topological polar surface area (TPSA) is 72.5 Å². The van der Waals surface area contributed by atoms with Gasteiger partial charge in [-0.2, -0.15) is 0 Å². The van der Waals surface area contributed by atoms with Gasteiger partial charge in [-0.25, -0.2) is 0 Å². The van der Waals surface area contributed by atoms with Crippen LogP contribution >= 0.6 is 11.3 Å². The molecule has 2 heterocycles. The van der Waals surface area contributed by atoms with Gasteiger partial charge in [0.1, 0.15) is 0 Å². The average molecular weight is 422 g/mol. The quantitative estimate of drug-likeness (QED) is 0.454. The number of nitrogens with one attached hydrogen (secondary N) is 2. The van der Waals surface area contributed by atoms with Crippen molar-refractivity contribution < 1.29 is 14.1 Å². The van der Waals surface area contributed by atoms with Crippen LogP contribution in [0.3, 0.4) is 0 Å². The molecule has 4 rings (SSSR count). The van der Waals surface area contributed by atoms with Crippen LogP contribution in [0.25, 0.3) is 21.5 Å². The molecule has 4 aromatic rings. The van der Waals surface area contributed by atoms with Gasteiger partial charge < -0.3 is 14.6 Å². The number of fused-ring (bicyclic) bond motifs is 1. The third kappa shape index (κ3) is 4.42. The summed E-state index contributed by atoms with van der Waals surface area (Å²) in [5.41, 5.74) is 0.832. The maximum atomic E-state index is 13.1. The summed E-state index contributed by atoms with van der Waals surface area (Å²) < 4.78 is 5.85. The summed E-state index contributed by atoms with van der Waals surface area (Å²) in [5.74, 6) is 1.06. The van der Waals surface area contributed by atoms with Crippen molar-refractivity contribution in [2.45, 2.75) is 32.9 Å². The van der Waals surface area contributed by atoms with Crippen LogP contribution in [0.4, 0.5) is 5.69 Å². The van der Waals surface area contributed by atoms with Gasteiger partial charge in [-0.05, 0) is 36.2 Å². The van der Waals surface area contributed by atoms with E-state index in [4.69, 9.17) is 4.42 Å². The van der Waals surface area contributed by atoms with Crippen LogP contribution < -0.4 is 10.2 Å². The van der Waals surface area contributed by atoms with Crippen LogP contribution in [0.2, 0.25) is 0 Å². The van der Waals surface area contributed by atoms with E-state index in [1.807, 2.05) is 66.9 Å². The maximum Gasteiger partial charge on any atom is 0.282 e. The summed E-state index contributed by atoms with van der Waals surface area (Å²) >= 11 is 1.56. The zero-order valence-electron chi connectivity index (χ0n) is 17.1. The van der Waals surface area contributed by atoms with E-state index in [1.165, 1.54) is 0 Å². The third-order valence-electron chi connectivity index (χ3n) is 5.20. The molecule has 0 aliphatic rings. The van der Waals surface area contributed by atoms with Crippen LogP contribution in [-0.4, -0.2) is 28.7 Å². The first-order chi connectivity index (χ1) is 14.7. The fraction of sp³-hybridized carbons (Fsp3) is 0.261. The summed E-state index contributed by atoms with van der Waals surface area (Å²) in [6, 6.07) is 17.7. The monoisotopic (exact) mass is 421 g/mol. The molecule has 154 valence electrons. The number of quaternary nitrogens is 1. The molecule has 0 spiro atoms. The summed E-state index contributed by atoms with van der Waals surface area (Å²) in [4.78, 5) is 15.1. The first-order valence-electron chi connectivity index (χ1n) is 10.1. The van der Waals surface area contributed by atoms with Crippen molar-refractivity contribution in [1.29, 1.82) is 0 Å². The molecule has 1 unspecified atom stereocenters. The minimum atomic E-state index is -0.263. The van der Waals surface area contributed by atoms with Gasteiger partial charge in [0.2, 0.25) is 0 Å². The first-order valence-corrected chi connectivity index (χ1v) is 11.0. The highest BCUT2D eigenvalue weighted by molar-refractivity contribution is 7.13. The molecule has 0 saturated heterocycles. The van der Waals surface area contributed by atoms with Crippen molar-refractivity contribution in [3.63, 3.8) is 0 Å². The van der Waals surface area contributed by atoms with Crippen LogP contribution in [-0.2, 0) is 11.3 Å². The van der Waals surface area contributed by atoms with Gasteiger partial charge in [0.25, 0.3) is 17.7 Å². The lowest BCUT2D eigenvalue weighted by Crippen LogP contribution is -3.15. The van der Waals surface area contributed by atoms with E-state index in [1.54, 1.807) is 11.3 Å². The molecule has 2 N–H and O–H groups in total. The van der Waals surface area contributed by atoms with Crippen molar-refractivity contribution in [3.8, 4) is 10.8 Å². The molecule has 30 heavy (non-hydrogen) atoms. The Morgan fingerprint density at radius 3 is 2.77 bits per heavy atom. The molecule has 6 nitrogen and oxygen atoms in total. The number of nitrogens with zero attached hydrogens (tertiary/aromatic N) is 2. The Balaban J connectivity index is 1.48. The van der Waals surface area contributed by atoms with Crippen molar-refractivity contribution in [3.05, 3.63) is 65.9 Å². The number of hydrogen-bond acceptors (Lipinski definition) is 5. The number of amides is 1. The minimum absolute atomic E-state index is 0.0206. The number of aromatic nitrogens is 2. The Hall–Kier alpha value is -3.03. The number of hydrogen-bond donors (Lipinski definition) is 2. The third-order valence-corrected chi connectivity index (χ3v) is 6.06. The van der Waals surface area contributed by atoms with E-state index < -0.39 is 0 Å². The molecule has 7 heteroatoms. The fourth-order valence-corrected chi connectivity index (χ4v) is 4.20. The second-order valence-corrected chi connectivity index (χ2v) is 8.25. The van der Waals surface area contributed by atoms with Gasteiger partial charge in [-0.1, -0.05) is 49.4 Å². The number of thiophene rings is 1. The number of rotatable bonds is 8. The standard InChI is InChI=1S/C23H24N4O2S/c1-3-13-27(15-21-25-26-23(29-21)20-12-7-14-30-20)16(2)22(28)24-19-11-6-9-17-8-4-5-10-18(17)19/h4-12,14,16H,3,13,15H2,1-2H3,(H,24,28)/p+1/t16-/m1/s1. The van der Waals surface area contributed by atoms with E-state index in [-0.39, 0.29) is 11.9 Å². The lowest BCUT2D eigenvalue weighted by atomic mass is 10.1. The predicted molar refractivity (Wildman–Crippen MR) is 119 cm³/mol. The highest BCUT2D eigenvalue weighted by atomic mass is 32.1. The second-order valence-electron chi connectivity index (χ2n) is 7.30. The average Bonchev–Trinajstić information content (AvgIpc) is 3.45. The molecular formula is C23H25N4O2S+. The Labute approximate surface area is 179 Å². The predicted octanol–water partition coefficient (Wildman–Crippen LogP) is 3.77. The molecule has 0 radical (unpaired) electrons. The summed E-state index contributed by atoms with van der Waals surface area (Å²) in [7, 11) is 0. The normalized spacial score (nSPS) is 13.3. The smallest absolute Gasteiger partial charge is 0.282 e. The molecule has 2 atom stereocenters. The van der Waals surface area contributed by atoms with Crippen molar-refractivity contribution in [2.75, 3.05) is 11.9 Å². The van der Waals surface area contributed by atoms with Crippen LogP contribution in [0, 0.1) is 0 Å². The highest BCUT2D eigenvalue weighted by Crippen LogP contribution is 2.24. The van der Waals surface area contributed by atoms with Gasteiger partial charge in [0.15, 0.2) is 12.6 Å². The first kappa shape index (κ1) is 20.3. The van der Waals surface area contributed by atoms with Gasteiger partial charge >= 0.3 is 0 Å². The zero-order chi connectivity index (χ0) is 20.9.